The molecule has 0 spiro atoms. The van der Waals surface area contributed by atoms with Gasteiger partial charge < -0.3 is 9.84 Å². The van der Waals surface area contributed by atoms with E-state index in [2.05, 4.69) is 5.10 Å². The number of ether oxygens (including phenoxy) is 1. The van der Waals surface area contributed by atoms with E-state index in [1.807, 2.05) is 12.1 Å². The van der Waals surface area contributed by atoms with E-state index >= 15 is 0 Å². The van der Waals surface area contributed by atoms with E-state index < -0.39 is 22.2 Å². The summed E-state index contributed by atoms with van der Waals surface area (Å²) >= 11 is 0. The lowest BCUT2D eigenvalue weighted by Crippen LogP contribution is -2.33. The maximum atomic E-state index is 12.9. The highest BCUT2D eigenvalue weighted by Crippen LogP contribution is 2.37. The third kappa shape index (κ3) is 2.85. The number of hydrogen-bond acceptors (Lipinski definition) is 5. The molecule has 1 saturated heterocycles. The van der Waals surface area contributed by atoms with Crippen LogP contribution < -0.4 is 4.74 Å². The summed E-state index contributed by atoms with van der Waals surface area (Å²) in [6, 6.07) is 8.29. The minimum Gasteiger partial charge on any atom is -0.497 e. The first-order valence-corrected chi connectivity index (χ1v) is 8.69. The van der Waals surface area contributed by atoms with E-state index in [0.29, 0.717) is 12.2 Å². The van der Waals surface area contributed by atoms with E-state index in [1.165, 1.54) is 21.3 Å². The number of aryl methyl sites for hydroxylation is 1. The third-order valence-corrected chi connectivity index (χ3v) is 6.01. The predicted octanol–water partition coefficient (Wildman–Crippen LogP) is 0.925. The lowest BCUT2D eigenvalue weighted by Gasteiger charge is -2.24. The van der Waals surface area contributed by atoms with Gasteiger partial charge in [-0.05, 0) is 30.2 Å². The van der Waals surface area contributed by atoms with E-state index in [4.69, 9.17) is 4.74 Å². The van der Waals surface area contributed by atoms with Crippen LogP contribution in [-0.2, 0) is 17.1 Å². The smallest absolute Gasteiger partial charge is 0.260 e. The largest absolute Gasteiger partial charge is 0.497 e. The zero-order chi connectivity index (χ0) is 16.6. The van der Waals surface area contributed by atoms with E-state index in [0.717, 1.165) is 5.56 Å². The highest BCUT2D eigenvalue weighted by Gasteiger charge is 2.41. The highest BCUT2D eigenvalue weighted by molar-refractivity contribution is 7.89. The van der Waals surface area contributed by atoms with Crippen LogP contribution in [0.15, 0.2) is 41.6 Å². The average Bonchev–Trinajstić information content (AvgIpc) is 3.14. The first-order chi connectivity index (χ1) is 10.9. The maximum Gasteiger partial charge on any atom is 0.260 e. The van der Waals surface area contributed by atoms with Crippen LogP contribution in [0.3, 0.4) is 0 Å². The summed E-state index contributed by atoms with van der Waals surface area (Å²) in [4.78, 5) is 0. The number of β-amino-alcohol motifs (C(OH)–C–C–N with tert-alkyl or cyclic N) is 1. The molecule has 1 aliphatic heterocycles. The number of benzene rings is 1. The molecule has 1 N–H and O–H groups in total. The molecule has 7 nitrogen and oxygen atoms in total. The molecule has 0 radical (unpaired) electrons. The molecule has 0 saturated carbocycles. The molecular weight excluding hydrogens is 318 g/mol. The summed E-state index contributed by atoms with van der Waals surface area (Å²) < 4.78 is 33.7. The Morgan fingerprint density at radius 1 is 1.35 bits per heavy atom. The number of aromatic nitrogens is 2. The molecule has 1 aromatic carbocycles. The van der Waals surface area contributed by atoms with Crippen LogP contribution in [0, 0.1) is 0 Å². The summed E-state index contributed by atoms with van der Waals surface area (Å²) in [7, 11) is -0.597. The third-order valence-electron chi connectivity index (χ3n) is 4.06. The molecule has 1 aliphatic rings. The zero-order valence-corrected chi connectivity index (χ0v) is 13.8. The van der Waals surface area contributed by atoms with Gasteiger partial charge in [0.1, 0.15) is 5.75 Å². The second-order valence-corrected chi connectivity index (χ2v) is 7.39. The lowest BCUT2D eigenvalue weighted by molar-refractivity contribution is 0.188. The molecule has 2 heterocycles. The molecule has 23 heavy (non-hydrogen) atoms. The van der Waals surface area contributed by atoms with Crippen LogP contribution in [0.2, 0.25) is 0 Å². The van der Waals surface area contributed by atoms with Crippen LogP contribution in [-0.4, -0.2) is 47.4 Å². The Balaban J connectivity index is 2.01. The van der Waals surface area contributed by atoms with Crippen molar-refractivity contribution in [3.8, 4) is 5.75 Å². The van der Waals surface area contributed by atoms with Gasteiger partial charge in [0.05, 0.1) is 25.5 Å². The van der Waals surface area contributed by atoms with Crippen molar-refractivity contribution in [3.05, 3.63) is 42.1 Å². The minimum absolute atomic E-state index is 0.0649. The molecule has 2 aromatic rings. The van der Waals surface area contributed by atoms with Crippen molar-refractivity contribution in [2.75, 3.05) is 13.7 Å². The number of sulfonamides is 1. The molecule has 1 aromatic heterocycles. The monoisotopic (exact) mass is 337 g/mol. The fraction of sp³-hybridized carbons (Fsp3) is 0.400. The molecule has 0 aliphatic carbocycles. The molecule has 124 valence electrons. The van der Waals surface area contributed by atoms with Gasteiger partial charge in [0.2, 0.25) is 0 Å². The van der Waals surface area contributed by atoms with Gasteiger partial charge in [-0.2, -0.15) is 9.40 Å². The second kappa shape index (κ2) is 5.95. The number of hydrogen-bond donors (Lipinski definition) is 1. The highest BCUT2D eigenvalue weighted by atomic mass is 32.2. The maximum absolute atomic E-state index is 12.9. The summed E-state index contributed by atoms with van der Waals surface area (Å²) in [6.45, 7) is 0.0649. The Labute approximate surface area is 135 Å². The fourth-order valence-electron chi connectivity index (χ4n) is 2.94. The summed E-state index contributed by atoms with van der Waals surface area (Å²) in [5, 5.41) is 14.1. The van der Waals surface area contributed by atoms with Gasteiger partial charge in [0.25, 0.3) is 10.0 Å². The van der Waals surface area contributed by atoms with E-state index in [-0.39, 0.29) is 11.6 Å². The van der Waals surface area contributed by atoms with Gasteiger partial charge in [0, 0.05) is 13.6 Å². The number of aliphatic hydroxyl groups is 1. The van der Waals surface area contributed by atoms with Gasteiger partial charge in [0.15, 0.2) is 5.03 Å². The first kappa shape index (κ1) is 16.0. The Hall–Kier alpha value is -1.90. The van der Waals surface area contributed by atoms with Crippen molar-refractivity contribution >= 4 is 10.0 Å². The topological polar surface area (TPSA) is 84.7 Å². The van der Waals surface area contributed by atoms with Gasteiger partial charge in [-0.25, -0.2) is 8.42 Å². The Morgan fingerprint density at radius 2 is 2.13 bits per heavy atom. The van der Waals surface area contributed by atoms with Gasteiger partial charge in [-0.1, -0.05) is 12.1 Å². The Bertz CT molecular complexity index is 803. The predicted molar refractivity (Wildman–Crippen MR) is 83.5 cm³/mol. The summed E-state index contributed by atoms with van der Waals surface area (Å²) in [5.74, 6) is 0.654. The van der Waals surface area contributed by atoms with Crippen LogP contribution >= 0.6 is 0 Å². The van der Waals surface area contributed by atoms with Crippen molar-refractivity contribution < 1.29 is 18.3 Å². The van der Waals surface area contributed by atoms with Crippen molar-refractivity contribution in [1.29, 1.82) is 0 Å². The second-order valence-electron chi connectivity index (χ2n) is 5.55. The normalized spacial score (nSPS) is 22.4. The van der Waals surface area contributed by atoms with Crippen molar-refractivity contribution in [1.82, 2.24) is 14.1 Å². The summed E-state index contributed by atoms with van der Waals surface area (Å²) in [6.07, 6.45) is 1.10. The van der Waals surface area contributed by atoms with Crippen LogP contribution in [0.25, 0.3) is 0 Å². The van der Waals surface area contributed by atoms with Gasteiger partial charge >= 0.3 is 0 Å². The van der Waals surface area contributed by atoms with Crippen molar-refractivity contribution in [2.24, 2.45) is 7.05 Å². The quantitative estimate of drug-likeness (QED) is 0.897. The van der Waals surface area contributed by atoms with E-state index in [9.17, 15) is 13.5 Å². The summed E-state index contributed by atoms with van der Waals surface area (Å²) in [5.41, 5.74) is 0.798. The molecule has 0 bridgehead atoms. The fourth-order valence-corrected chi connectivity index (χ4v) is 4.70. The first-order valence-electron chi connectivity index (χ1n) is 7.25. The molecular formula is C15H19N3O4S. The Morgan fingerprint density at radius 3 is 2.78 bits per heavy atom. The molecule has 1 fully saturated rings. The van der Waals surface area contributed by atoms with Gasteiger partial charge in [-0.3, -0.25) is 4.68 Å². The van der Waals surface area contributed by atoms with Crippen molar-refractivity contribution in [2.45, 2.75) is 23.6 Å². The number of aliphatic hydroxyl groups excluding tert-OH is 1. The molecule has 3 rings (SSSR count). The number of methoxy groups -OCH3 is 1. The average molecular weight is 337 g/mol. The SMILES string of the molecule is COc1cccc([C@@H]2C[C@H](O)CN2S(=O)(=O)c2ccnn2C)c1. The number of nitrogens with zero attached hydrogens (tertiary/aromatic N) is 3. The zero-order valence-electron chi connectivity index (χ0n) is 13.0. The number of rotatable bonds is 4. The van der Waals surface area contributed by atoms with E-state index in [1.54, 1.807) is 26.3 Å². The lowest BCUT2D eigenvalue weighted by atomic mass is 10.0. The van der Waals surface area contributed by atoms with Crippen LogP contribution in [0.1, 0.15) is 18.0 Å². The van der Waals surface area contributed by atoms with Crippen LogP contribution in [0.5, 0.6) is 5.75 Å². The van der Waals surface area contributed by atoms with Gasteiger partial charge in [-0.15, -0.1) is 0 Å². The standard InChI is InChI=1S/C15H19N3O4S/c1-17-15(6-7-16-17)23(20,21)18-10-12(19)9-14(18)11-4-3-5-13(8-11)22-2/h3-8,12,14,19H,9-10H2,1-2H3/t12-,14-/m0/s1. The Kier molecular flexibility index (Phi) is 4.13. The van der Waals surface area contributed by atoms with Crippen molar-refractivity contribution in [3.63, 3.8) is 0 Å². The molecule has 0 amide bonds. The molecule has 0 unspecified atom stereocenters. The molecule has 8 heteroatoms. The van der Waals surface area contributed by atoms with Crippen LogP contribution in [0.4, 0.5) is 0 Å². The molecule has 2 atom stereocenters. The minimum atomic E-state index is -3.74.